The molecule has 178 valence electrons. The lowest BCUT2D eigenvalue weighted by molar-refractivity contribution is 0.0664. The van der Waals surface area contributed by atoms with Crippen molar-refractivity contribution < 1.29 is 15.3 Å². The number of hydrogen-bond acceptors (Lipinski definition) is 3. The molecule has 0 amide bonds. The minimum atomic E-state index is -0.622. The molecule has 4 aliphatic carbocycles. The second kappa shape index (κ2) is 9.24. The first-order valence-corrected chi connectivity index (χ1v) is 13.0. The molecule has 3 nitrogen and oxygen atoms in total. The number of allylic oxidation sites excluding steroid dienone is 5. The molecule has 32 heavy (non-hydrogen) atoms. The molecule has 0 radical (unpaired) electrons. The molecule has 0 saturated heterocycles. The van der Waals surface area contributed by atoms with Gasteiger partial charge in [0.25, 0.3) is 0 Å². The van der Waals surface area contributed by atoms with E-state index < -0.39 is 17.8 Å². The van der Waals surface area contributed by atoms with Gasteiger partial charge in [-0.25, -0.2) is 0 Å². The Labute approximate surface area is 195 Å². The van der Waals surface area contributed by atoms with Gasteiger partial charge in [-0.15, -0.1) is 0 Å². The Morgan fingerprint density at radius 3 is 2.69 bits per heavy atom. The Morgan fingerprint density at radius 2 is 2.00 bits per heavy atom. The van der Waals surface area contributed by atoms with Crippen molar-refractivity contribution in [1.29, 1.82) is 0 Å². The molecule has 3 N–H and O–H groups in total. The van der Waals surface area contributed by atoms with E-state index >= 15 is 0 Å². The zero-order valence-corrected chi connectivity index (χ0v) is 20.4. The summed E-state index contributed by atoms with van der Waals surface area (Å²) in [4.78, 5) is 0. The van der Waals surface area contributed by atoms with Crippen LogP contribution in [0.1, 0.15) is 91.4 Å². The summed E-state index contributed by atoms with van der Waals surface area (Å²) in [7, 11) is 0. The number of fused-ring (bicyclic) bond motifs is 1. The lowest BCUT2D eigenvalue weighted by atomic mass is 9.61. The Hall–Kier alpha value is -1.16. The lowest BCUT2D eigenvalue weighted by Crippen LogP contribution is -2.33. The molecule has 4 rings (SSSR count). The summed E-state index contributed by atoms with van der Waals surface area (Å²) in [5, 5.41) is 30.4. The van der Waals surface area contributed by atoms with Crippen molar-refractivity contribution in [2.24, 2.45) is 23.2 Å². The van der Waals surface area contributed by atoms with Gasteiger partial charge in [0.1, 0.15) is 0 Å². The molecular formula is C29H44O3. The second-order valence-corrected chi connectivity index (χ2v) is 11.9. The fourth-order valence-corrected chi connectivity index (χ4v) is 6.79. The predicted octanol–water partition coefficient (Wildman–Crippen LogP) is 6.01. The fourth-order valence-electron chi connectivity index (χ4n) is 6.79. The first-order chi connectivity index (χ1) is 15.1. The topological polar surface area (TPSA) is 60.7 Å². The van der Waals surface area contributed by atoms with Crippen LogP contribution in [0.15, 0.2) is 47.1 Å². The van der Waals surface area contributed by atoms with Crippen molar-refractivity contribution in [3.8, 4) is 0 Å². The van der Waals surface area contributed by atoms with Crippen LogP contribution >= 0.6 is 0 Å². The first-order valence-electron chi connectivity index (χ1n) is 13.0. The average Bonchev–Trinajstić information content (AvgIpc) is 3.48. The molecule has 0 aromatic carbocycles. The predicted molar refractivity (Wildman–Crippen MR) is 131 cm³/mol. The summed E-state index contributed by atoms with van der Waals surface area (Å²) in [5.41, 5.74) is 4.72. The van der Waals surface area contributed by atoms with Crippen molar-refractivity contribution in [3.63, 3.8) is 0 Å². The molecule has 0 aliphatic heterocycles. The van der Waals surface area contributed by atoms with Crippen molar-refractivity contribution in [2.45, 2.75) is 109 Å². The highest BCUT2D eigenvalue weighted by Crippen LogP contribution is 2.60. The monoisotopic (exact) mass is 440 g/mol. The molecule has 0 spiro atoms. The van der Waals surface area contributed by atoms with Crippen LogP contribution in [0.3, 0.4) is 0 Å². The van der Waals surface area contributed by atoms with Gasteiger partial charge in [-0.1, -0.05) is 49.3 Å². The third-order valence-corrected chi connectivity index (χ3v) is 8.77. The maximum Gasteiger partial charge on any atom is 0.0811 e. The molecule has 0 aromatic rings. The average molecular weight is 441 g/mol. The SMILES string of the molecule is C=C1/C(=C\C=C2\CCC[C@]3(C)C([C@@H](CCCC(C)(C)O)C4CC4)=CC[C@@H]23)C[C@@H](O)C[C@@H]1O. The molecule has 5 atom stereocenters. The Bertz CT molecular complexity index is 807. The maximum absolute atomic E-state index is 10.2. The molecule has 3 fully saturated rings. The summed E-state index contributed by atoms with van der Waals surface area (Å²) < 4.78 is 0. The van der Waals surface area contributed by atoms with E-state index in [1.807, 2.05) is 13.8 Å². The van der Waals surface area contributed by atoms with Crippen LogP contribution in [0.2, 0.25) is 0 Å². The van der Waals surface area contributed by atoms with E-state index in [4.69, 9.17) is 0 Å². The summed E-state index contributed by atoms with van der Waals surface area (Å²) >= 11 is 0. The second-order valence-electron chi connectivity index (χ2n) is 11.9. The largest absolute Gasteiger partial charge is 0.393 e. The molecule has 0 aromatic heterocycles. The van der Waals surface area contributed by atoms with Gasteiger partial charge in [0.2, 0.25) is 0 Å². The number of aliphatic hydroxyl groups excluding tert-OH is 2. The van der Waals surface area contributed by atoms with Crippen LogP contribution in [0, 0.1) is 23.2 Å². The van der Waals surface area contributed by atoms with Gasteiger partial charge < -0.3 is 15.3 Å². The van der Waals surface area contributed by atoms with Gasteiger partial charge in [0, 0.05) is 6.42 Å². The van der Waals surface area contributed by atoms with Crippen LogP contribution in [-0.2, 0) is 0 Å². The van der Waals surface area contributed by atoms with Gasteiger partial charge in [-0.2, -0.15) is 0 Å². The molecule has 0 heterocycles. The lowest BCUT2D eigenvalue weighted by Gasteiger charge is -2.43. The molecule has 4 aliphatic rings. The standard InChI is InChI=1S/C29H44O3/c1-19-22(17-23(30)18-27(19)31)12-11-21-7-5-16-29(4)25(21)13-14-26(29)24(20-9-10-20)8-6-15-28(2,3)32/h11-12,14,20,23-25,27,30-32H,1,5-10,13,15-18H2,2-4H3/b21-11-,22-12-/t23-,24+,25+,27+,29+/m1/s1. The maximum atomic E-state index is 10.2. The van der Waals surface area contributed by atoms with E-state index in [-0.39, 0.29) is 5.41 Å². The van der Waals surface area contributed by atoms with Gasteiger partial charge in [-0.3, -0.25) is 0 Å². The van der Waals surface area contributed by atoms with Gasteiger partial charge in [0.05, 0.1) is 17.8 Å². The Balaban J connectivity index is 1.50. The minimum absolute atomic E-state index is 0.257. The van der Waals surface area contributed by atoms with Crippen molar-refractivity contribution in [2.75, 3.05) is 0 Å². The highest BCUT2D eigenvalue weighted by molar-refractivity contribution is 5.40. The Morgan fingerprint density at radius 1 is 1.25 bits per heavy atom. The van der Waals surface area contributed by atoms with E-state index in [9.17, 15) is 15.3 Å². The number of aliphatic hydroxyl groups is 3. The third-order valence-electron chi connectivity index (χ3n) is 8.77. The molecule has 0 unspecified atom stereocenters. The highest BCUT2D eigenvalue weighted by atomic mass is 16.3. The minimum Gasteiger partial charge on any atom is -0.393 e. The van der Waals surface area contributed by atoms with Gasteiger partial charge in [-0.05, 0) is 106 Å². The van der Waals surface area contributed by atoms with Gasteiger partial charge >= 0.3 is 0 Å². The highest BCUT2D eigenvalue weighted by Gasteiger charge is 2.49. The molecular weight excluding hydrogens is 396 g/mol. The normalized spacial score (nSPS) is 37.0. The smallest absolute Gasteiger partial charge is 0.0811 e. The van der Waals surface area contributed by atoms with Crippen molar-refractivity contribution in [1.82, 2.24) is 0 Å². The number of hydrogen-bond donors (Lipinski definition) is 3. The van der Waals surface area contributed by atoms with Crippen molar-refractivity contribution in [3.05, 3.63) is 47.1 Å². The first kappa shape index (κ1) is 24.0. The Kier molecular flexibility index (Phi) is 6.92. The van der Waals surface area contributed by atoms with E-state index in [2.05, 4.69) is 31.7 Å². The van der Waals surface area contributed by atoms with Crippen molar-refractivity contribution >= 4 is 0 Å². The van der Waals surface area contributed by atoms with E-state index in [0.29, 0.717) is 24.7 Å². The van der Waals surface area contributed by atoms with Crippen LogP contribution < -0.4 is 0 Å². The summed E-state index contributed by atoms with van der Waals surface area (Å²) in [6.45, 7) is 10.4. The van der Waals surface area contributed by atoms with Crippen LogP contribution in [0.5, 0.6) is 0 Å². The van der Waals surface area contributed by atoms with Crippen LogP contribution in [0.4, 0.5) is 0 Å². The van der Waals surface area contributed by atoms with E-state index in [1.165, 1.54) is 37.7 Å². The van der Waals surface area contributed by atoms with E-state index in [0.717, 1.165) is 42.7 Å². The third kappa shape index (κ3) is 5.16. The zero-order valence-electron chi connectivity index (χ0n) is 20.4. The molecule has 0 bridgehead atoms. The number of rotatable bonds is 7. The molecule has 3 saturated carbocycles. The van der Waals surface area contributed by atoms with Crippen LogP contribution in [0.25, 0.3) is 0 Å². The fraction of sp³-hybridized carbons (Fsp3) is 0.724. The molecule has 3 heteroatoms. The van der Waals surface area contributed by atoms with Gasteiger partial charge in [0.15, 0.2) is 0 Å². The van der Waals surface area contributed by atoms with E-state index in [1.54, 1.807) is 5.57 Å². The quantitative estimate of drug-likeness (QED) is 0.425. The summed E-state index contributed by atoms with van der Waals surface area (Å²) in [6, 6.07) is 0. The zero-order chi connectivity index (χ0) is 23.1. The summed E-state index contributed by atoms with van der Waals surface area (Å²) in [6.07, 6.45) is 17.6. The van der Waals surface area contributed by atoms with Crippen LogP contribution in [-0.4, -0.2) is 33.1 Å². The summed E-state index contributed by atoms with van der Waals surface area (Å²) in [5.74, 6) is 2.11.